The number of carbonyl (C=O) groups is 1. The number of aromatic nitrogens is 2. The highest BCUT2D eigenvalue weighted by Crippen LogP contribution is 2.22. The van der Waals surface area contributed by atoms with Crippen molar-refractivity contribution in [1.82, 2.24) is 14.9 Å². The van der Waals surface area contributed by atoms with Gasteiger partial charge in [-0.2, -0.15) is 0 Å². The van der Waals surface area contributed by atoms with E-state index in [0.717, 1.165) is 16.3 Å². The molecule has 0 saturated carbocycles. The van der Waals surface area contributed by atoms with Gasteiger partial charge in [0.05, 0.1) is 23.9 Å². The van der Waals surface area contributed by atoms with Gasteiger partial charge in [-0.05, 0) is 13.0 Å². The maximum atomic E-state index is 12.4. The molecular formula is C14H19N3O3S. The molecule has 0 saturated heterocycles. The first kappa shape index (κ1) is 15.7. The lowest BCUT2D eigenvalue weighted by atomic mass is 10.2. The molecule has 0 radical (unpaired) electrons. The Morgan fingerprint density at radius 3 is 2.95 bits per heavy atom. The molecule has 2 aromatic heterocycles. The molecule has 0 aliphatic heterocycles. The smallest absolute Gasteiger partial charge is 0.270 e. The highest BCUT2D eigenvalue weighted by Gasteiger charge is 2.17. The number of methoxy groups -OCH3 is 1. The number of hydrogen-bond acceptors (Lipinski definition) is 5. The zero-order valence-corrected chi connectivity index (χ0v) is 12.9. The number of nitrogens with one attached hydrogen (secondary N) is 1. The number of carbonyl (C=O) groups excluding carboxylic acids is 1. The summed E-state index contributed by atoms with van der Waals surface area (Å²) in [5.74, 6) is -0.153. The Hall–Kier alpha value is -1.70. The molecule has 2 rings (SSSR count). The van der Waals surface area contributed by atoms with Gasteiger partial charge < -0.3 is 19.7 Å². The predicted octanol–water partition coefficient (Wildman–Crippen LogP) is 1.53. The molecule has 2 aromatic rings. The lowest BCUT2D eigenvalue weighted by Gasteiger charge is -2.20. The molecule has 2 heterocycles. The minimum atomic E-state index is -0.153. The molecule has 0 aliphatic carbocycles. The fourth-order valence-corrected chi connectivity index (χ4v) is 2.59. The van der Waals surface area contributed by atoms with Gasteiger partial charge in [0.15, 0.2) is 0 Å². The number of H-pyrrole nitrogens is 1. The van der Waals surface area contributed by atoms with Gasteiger partial charge in [-0.15, -0.1) is 11.3 Å². The first-order valence-corrected chi connectivity index (χ1v) is 7.53. The second-order valence-electron chi connectivity index (χ2n) is 4.56. The van der Waals surface area contributed by atoms with Crippen molar-refractivity contribution in [2.45, 2.75) is 6.92 Å². The Bertz CT molecular complexity index is 594. The highest BCUT2D eigenvalue weighted by molar-refractivity contribution is 7.09. The zero-order valence-electron chi connectivity index (χ0n) is 12.1. The van der Waals surface area contributed by atoms with Crippen LogP contribution in [0.1, 0.15) is 15.5 Å². The van der Waals surface area contributed by atoms with E-state index in [4.69, 9.17) is 9.84 Å². The number of amides is 1. The number of aliphatic hydroxyl groups excluding tert-OH is 1. The Labute approximate surface area is 127 Å². The summed E-state index contributed by atoms with van der Waals surface area (Å²) in [4.78, 5) is 21.3. The number of ether oxygens (including phenoxy) is 1. The maximum absolute atomic E-state index is 12.4. The monoisotopic (exact) mass is 309 g/mol. The molecule has 0 atom stereocenters. The van der Waals surface area contributed by atoms with Gasteiger partial charge in [-0.25, -0.2) is 4.98 Å². The second kappa shape index (κ2) is 7.35. The quantitative estimate of drug-likeness (QED) is 0.813. The summed E-state index contributed by atoms with van der Waals surface area (Å²) in [7, 11) is 1.58. The lowest BCUT2D eigenvalue weighted by Crippen LogP contribution is -2.36. The lowest BCUT2D eigenvalue weighted by molar-refractivity contribution is 0.0651. The van der Waals surface area contributed by atoms with Crippen molar-refractivity contribution in [2.75, 3.05) is 33.4 Å². The Morgan fingerprint density at radius 2 is 2.33 bits per heavy atom. The van der Waals surface area contributed by atoms with Crippen molar-refractivity contribution in [3.8, 4) is 11.3 Å². The van der Waals surface area contributed by atoms with E-state index in [2.05, 4.69) is 9.97 Å². The van der Waals surface area contributed by atoms with Gasteiger partial charge in [-0.1, -0.05) is 0 Å². The minimum Gasteiger partial charge on any atom is -0.395 e. The van der Waals surface area contributed by atoms with E-state index in [0.29, 0.717) is 18.8 Å². The van der Waals surface area contributed by atoms with Crippen LogP contribution in [0.25, 0.3) is 11.3 Å². The largest absolute Gasteiger partial charge is 0.395 e. The third kappa shape index (κ3) is 3.90. The van der Waals surface area contributed by atoms with Crippen LogP contribution in [0.4, 0.5) is 0 Å². The van der Waals surface area contributed by atoms with Gasteiger partial charge in [0.25, 0.3) is 5.91 Å². The van der Waals surface area contributed by atoms with Crippen molar-refractivity contribution in [2.24, 2.45) is 0 Å². The summed E-state index contributed by atoms with van der Waals surface area (Å²) in [5.41, 5.74) is 2.23. The Kier molecular flexibility index (Phi) is 5.49. The third-order valence-electron chi connectivity index (χ3n) is 3.05. The van der Waals surface area contributed by atoms with Crippen LogP contribution < -0.4 is 0 Å². The van der Waals surface area contributed by atoms with Gasteiger partial charge in [0.1, 0.15) is 5.69 Å². The van der Waals surface area contributed by atoms with Crippen molar-refractivity contribution < 1.29 is 14.6 Å². The van der Waals surface area contributed by atoms with E-state index in [-0.39, 0.29) is 19.1 Å². The van der Waals surface area contributed by atoms with E-state index < -0.39 is 0 Å². The third-order valence-corrected chi connectivity index (χ3v) is 3.82. The van der Waals surface area contributed by atoms with Crippen LogP contribution in [-0.4, -0.2) is 59.3 Å². The van der Waals surface area contributed by atoms with E-state index in [1.165, 1.54) is 0 Å². The number of hydrogen-bond donors (Lipinski definition) is 2. The minimum absolute atomic E-state index is 0.0751. The van der Waals surface area contributed by atoms with Crippen LogP contribution >= 0.6 is 11.3 Å². The first-order chi connectivity index (χ1) is 10.2. The average molecular weight is 309 g/mol. The fourth-order valence-electron chi connectivity index (χ4n) is 1.97. The van der Waals surface area contributed by atoms with Gasteiger partial charge in [0.2, 0.25) is 0 Å². The molecule has 114 valence electrons. The van der Waals surface area contributed by atoms with Crippen LogP contribution in [0.15, 0.2) is 17.6 Å². The fraction of sp³-hybridized carbons (Fsp3) is 0.429. The van der Waals surface area contributed by atoms with Crippen molar-refractivity contribution in [3.63, 3.8) is 0 Å². The Morgan fingerprint density at radius 1 is 1.52 bits per heavy atom. The van der Waals surface area contributed by atoms with Crippen LogP contribution in [0, 0.1) is 6.92 Å². The SMILES string of the molecule is COCCN(CCO)C(=O)c1cc(-c2csc(C)n2)c[nH]1. The summed E-state index contributed by atoms with van der Waals surface area (Å²) in [6.45, 7) is 3.03. The summed E-state index contributed by atoms with van der Waals surface area (Å²) in [6, 6.07) is 1.79. The molecule has 0 bridgehead atoms. The molecule has 0 unspecified atom stereocenters. The zero-order chi connectivity index (χ0) is 15.2. The van der Waals surface area contributed by atoms with Crippen LogP contribution in [-0.2, 0) is 4.74 Å². The second-order valence-corrected chi connectivity index (χ2v) is 5.62. The molecule has 2 N–H and O–H groups in total. The van der Waals surface area contributed by atoms with E-state index >= 15 is 0 Å². The number of thiazole rings is 1. The number of aromatic amines is 1. The normalized spacial score (nSPS) is 10.8. The topological polar surface area (TPSA) is 78.5 Å². The molecule has 1 amide bonds. The highest BCUT2D eigenvalue weighted by atomic mass is 32.1. The van der Waals surface area contributed by atoms with E-state index in [9.17, 15) is 4.79 Å². The van der Waals surface area contributed by atoms with Gasteiger partial charge in [0, 0.05) is 37.3 Å². The van der Waals surface area contributed by atoms with Gasteiger partial charge in [-0.3, -0.25) is 4.79 Å². The molecular weight excluding hydrogens is 290 g/mol. The van der Waals surface area contributed by atoms with Crippen molar-refractivity contribution in [3.05, 3.63) is 28.3 Å². The Balaban J connectivity index is 2.13. The molecule has 7 heteroatoms. The van der Waals surface area contributed by atoms with Crippen LogP contribution in [0.3, 0.4) is 0 Å². The molecule has 0 fully saturated rings. The number of rotatable bonds is 7. The average Bonchev–Trinajstić information content (AvgIpc) is 3.11. The molecule has 0 aromatic carbocycles. The van der Waals surface area contributed by atoms with Gasteiger partial charge >= 0.3 is 0 Å². The van der Waals surface area contributed by atoms with E-state index in [1.807, 2.05) is 12.3 Å². The van der Waals surface area contributed by atoms with Crippen molar-refractivity contribution >= 4 is 17.2 Å². The standard InChI is InChI=1S/C14H19N3O3S/c1-10-16-13(9-21-10)11-7-12(15-8-11)14(19)17(3-5-18)4-6-20-2/h7-9,15,18H,3-6H2,1-2H3. The summed E-state index contributed by atoms with van der Waals surface area (Å²) in [6.07, 6.45) is 1.77. The first-order valence-electron chi connectivity index (χ1n) is 6.65. The molecule has 6 nitrogen and oxygen atoms in total. The van der Waals surface area contributed by atoms with Crippen LogP contribution in [0.5, 0.6) is 0 Å². The molecule has 21 heavy (non-hydrogen) atoms. The number of aliphatic hydroxyl groups is 1. The molecule has 0 aliphatic rings. The van der Waals surface area contributed by atoms with E-state index in [1.54, 1.807) is 35.6 Å². The van der Waals surface area contributed by atoms with Crippen molar-refractivity contribution in [1.29, 1.82) is 0 Å². The number of nitrogens with zero attached hydrogens (tertiary/aromatic N) is 2. The van der Waals surface area contributed by atoms with Crippen LogP contribution in [0.2, 0.25) is 0 Å². The summed E-state index contributed by atoms with van der Waals surface area (Å²) in [5, 5.41) is 12.0. The summed E-state index contributed by atoms with van der Waals surface area (Å²) >= 11 is 1.57. The maximum Gasteiger partial charge on any atom is 0.270 e. The number of aryl methyl sites for hydroxylation is 1. The molecule has 0 spiro atoms. The summed E-state index contributed by atoms with van der Waals surface area (Å²) < 4.78 is 4.99. The predicted molar refractivity (Wildman–Crippen MR) is 81.5 cm³/mol.